The number of hydrogen-bond acceptors (Lipinski definition) is 2. The van der Waals surface area contributed by atoms with Gasteiger partial charge in [0.2, 0.25) is 0 Å². The molecule has 2 N–H and O–H groups in total. The summed E-state index contributed by atoms with van der Waals surface area (Å²) in [4.78, 5) is 0. The summed E-state index contributed by atoms with van der Waals surface area (Å²) in [5.74, 6) is -0.128. The van der Waals surface area contributed by atoms with Crippen molar-refractivity contribution in [2.75, 3.05) is 7.11 Å². The fraction of sp³-hybridized carbons (Fsp3) is 0.200. The number of hydrogen-bond donors (Lipinski definition) is 1. The van der Waals surface area contributed by atoms with Crippen molar-refractivity contribution in [2.45, 2.75) is 12.5 Å². The molecule has 106 valence electrons. The molecule has 0 radical (unpaired) electrons. The maximum Gasteiger partial charge on any atom is 0.165 e. The molecular weight excluding hydrogens is 389 g/mol. The van der Waals surface area contributed by atoms with Gasteiger partial charge in [-0.05, 0) is 47.9 Å². The van der Waals surface area contributed by atoms with Crippen LogP contribution in [0.5, 0.6) is 5.75 Å². The van der Waals surface area contributed by atoms with Crippen LogP contribution in [0, 0.1) is 5.82 Å². The Hall–Kier alpha value is -0.910. The van der Waals surface area contributed by atoms with E-state index in [-0.39, 0.29) is 17.6 Å². The highest BCUT2D eigenvalue weighted by molar-refractivity contribution is 9.11. The van der Waals surface area contributed by atoms with Gasteiger partial charge in [-0.15, -0.1) is 0 Å². The van der Waals surface area contributed by atoms with Crippen LogP contribution in [-0.2, 0) is 6.42 Å². The lowest BCUT2D eigenvalue weighted by molar-refractivity contribution is 0.386. The van der Waals surface area contributed by atoms with Crippen LogP contribution in [0.3, 0.4) is 0 Å². The van der Waals surface area contributed by atoms with E-state index in [1.165, 1.54) is 13.2 Å². The highest BCUT2D eigenvalue weighted by Gasteiger charge is 2.13. The number of benzene rings is 2. The molecule has 5 heteroatoms. The summed E-state index contributed by atoms with van der Waals surface area (Å²) >= 11 is 6.91. The van der Waals surface area contributed by atoms with Gasteiger partial charge in [0, 0.05) is 15.0 Å². The molecule has 2 aromatic carbocycles. The Morgan fingerprint density at radius 1 is 1.20 bits per heavy atom. The van der Waals surface area contributed by atoms with Gasteiger partial charge in [-0.25, -0.2) is 4.39 Å². The topological polar surface area (TPSA) is 35.2 Å². The summed E-state index contributed by atoms with van der Waals surface area (Å²) in [5.41, 5.74) is 8.03. The molecule has 1 atom stereocenters. The minimum atomic E-state index is -0.370. The highest BCUT2D eigenvalue weighted by Crippen LogP contribution is 2.28. The molecule has 0 aliphatic heterocycles. The molecule has 0 fully saturated rings. The summed E-state index contributed by atoms with van der Waals surface area (Å²) in [6, 6.07) is 10.5. The lowest BCUT2D eigenvalue weighted by atomic mass is 9.99. The van der Waals surface area contributed by atoms with E-state index in [0.717, 1.165) is 20.1 Å². The average molecular weight is 403 g/mol. The van der Waals surface area contributed by atoms with Gasteiger partial charge >= 0.3 is 0 Å². The monoisotopic (exact) mass is 401 g/mol. The van der Waals surface area contributed by atoms with Crippen molar-refractivity contribution in [1.82, 2.24) is 0 Å². The van der Waals surface area contributed by atoms with Crippen LogP contribution in [0.2, 0.25) is 0 Å². The predicted octanol–water partition coefficient (Wildman–Crippen LogP) is 4.60. The first-order valence-corrected chi connectivity index (χ1v) is 7.63. The summed E-state index contributed by atoms with van der Waals surface area (Å²) in [5, 5.41) is 0. The van der Waals surface area contributed by atoms with Gasteiger partial charge in [0.25, 0.3) is 0 Å². The lowest BCUT2D eigenvalue weighted by Gasteiger charge is -2.15. The second-order valence-corrected chi connectivity index (χ2v) is 6.22. The van der Waals surface area contributed by atoms with Crippen LogP contribution < -0.4 is 10.5 Å². The number of nitrogens with two attached hydrogens (primary N) is 1. The van der Waals surface area contributed by atoms with Crippen molar-refractivity contribution in [3.63, 3.8) is 0 Å². The van der Waals surface area contributed by atoms with E-state index >= 15 is 0 Å². The molecule has 0 saturated heterocycles. The van der Waals surface area contributed by atoms with Crippen molar-refractivity contribution >= 4 is 31.9 Å². The predicted molar refractivity (Wildman–Crippen MR) is 85.4 cm³/mol. The van der Waals surface area contributed by atoms with Gasteiger partial charge in [0.15, 0.2) is 11.6 Å². The van der Waals surface area contributed by atoms with Crippen molar-refractivity contribution in [2.24, 2.45) is 5.73 Å². The fourth-order valence-electron chi connectivity index (χ4n) is 2.00. The number of rotatable bonds is 4. The molecule has 0 spiro atoms. The van der Waals surface area contributed by atoms with Crippen molar-refractivity contribution in [1.29, 1.82) is 0 Å². The van der Waals surface area contributed by atoms with Gasteiger partial charge < -0.3 is 10.5 Å². The minimum absolute atomic E-state index is 0.213. The van der Waals surface area contributed by atoms with Gasteiger partial charge in [-0.2, -0.15) is 0 Å². The first kappa shape index (κ1) is 15.5. The Morgan fingerprint density at radius 2 is 1.95 bits per heavy atom. The van der Waals surface area contributed by atoms with Crippen LogP contribution in [-0.4, -0.2) is 7.11 Å². The molecule has 20 heavy (non-hydrogen) atoms. The van der Waals surface area contributed by atoms with Crippen LogP contribution >= 0.6 is 31.9 Å². The second-order valence-electron chi connectivity index (χ2n) is 4.45. The molecular formula is C15H14Br2FNO. The van der Waals surface area contributed by atoms with E-state index in [1.807, 2.05) is 24.3 Å². The van der Waals surface area contributed by atoms with Crippen LogP contribution in [0.1, 0.15) is 17.2 Å². The van der Waals surface area contributed by atoms with Crippen molar-refractivity contribution in [3.8, 4) is 5.75 Å². The standard InChI is InChI=1S/C15H14Br2FNO/c1-20-15-5-2-9(6-13(15)18)7-14(19)11-8-10(16)3-4-12(11)17/h2-6,8,14H,7,19H2,1H3. The smallest absolute Gasteiger partial charge is 0.165 e. The Kier molecular flexibility index (Phi) is 5.18. The zero-order chi connectivity index (χ0) is 14.7. The van der Waals surface area contributed by atoms with Crippen LogP contribution in [0.25, 0.3) is 0 Å². The molecule has 0 aliphatic carbocycles. The van der Waals surface area contributed by atoms with E-state index in [1.54, 1.807) is 6.07 Å². The van der Waals surface area contributed by atoms with Gasteiger partial charge in [0.05, 0.1) is 7.11 Å². The fourth-order valence-corrected chi connectivity index (χ4v) is 2.92. The SMILES string of the molecule is COc1ccc(CC(N)c2cc(Br)ccc2Br)cc1F. The molecule has 1 unspecified atom stereocenters. The Labute approximate surface area is 134 Å². The quantitative estimate of drug-likeness (QED) is 0.810. The third-order valence-corrected chi connectivity index (χ3v) is 4.24. The van der Waals surface area contributed by atoms with E-state index in [9.17, 15) is 4.39 Å². The van der Waals surface area contributed by atoms with Crippen LogP contribution in [0.4, 0.5) is 4.39 Å². The summed E-state index contributed by atoms with van der Waals surface area (Å²) in [6.07, 6.45) is 0.552. The maximum absolute atomic E-state index is 13.7. The molecule has 0 bridgehead atoms. The number of halogens is 3. The van der Waals surface area contributed by atoms with E-state index in [0.29, 0.717) is 6.42 Å². The zero-order valence-corrected chi connectivity index (χ0v) is 14.0. The van der Waals surface area contributed by atoms with E-state index < -0.39 is 0 Å². The Balaban J connectivity index is 2.21. The largest absolute Gasteiger partial charge is 0.494 e. The first-order valence-electron chi connectivity index (χ1n) is 6.04. The zero-order valence-electron chi connectivity index (χ0n) is 10.9. The highest BCUT2D eigenvalue weighted by atomic mass is 79.9. The summed E-state index contributed by atoms with van der Waals surface area (Å²) in [7, 11) is 1.45. The molecule has 2 aromatic rings. The number of ether oxygens (including phenoxy) is 1. The van der Waals surface area contributed by atoms with Crippen LogP contribution in [0.15, 0.2) is 45.3 Å². The minimum Gasteiger partial charge on any atom is -0.494 e. The molecule has 0 aromatic heterocycles. The summed E-state index contributed by atoms with van der Waals surface area (Å²) in [6.45, 7) is 0. The maximum atomic E-state index is 13.7. The number of methoxy groups -OCH3 is 1. The molecule has 0 aliphatic rings. The van der Waals surface area contributed by atoms with Crippen molar-refractivity contribution in [3.05, 3.63) is 62.3 Å². The van der Waals surface area contributed by atoms with Gasteiger partial charge in [0.1, 0.15) is 0 Å². The molecule has 0 amide bonds. The van der Waals surface area contributed by atoms with E-state index in [2.05, 4.69) is 31.9 Å². The van der Waals surface area contributed by atoms with Gasteiger partial charge in [-0.3, -0.25) is 0 Å². The molecule has 2 rings (SSSR count). The third kappa shape index (κ3) is 3.59. The second kappa shape index (κ2) is 6.70. The third-order valence-electron chi connectivity index (χ3n) is 3.03. The van der Waals surface area contributed by atoms with Crippen molar-refractivity contribution < 1.29 is 9.13 Å². The molecule has 0 saturated carbocycles. The first-order chi connectivity index (χ1) is 9.51. The Morgan fingerprint density at radius 3 is 2.60 bits per heavy atom. The molecule has 2 nitrogen and oxygen atoms in total. The lowest BCUT2D eigenvalue weighted by Crippen LogP contribution is -2.14. The average Bonchev–Trinajstić information content (AvgIpc) is 2.41. The van der Waals surface area contributed by atoms with Gasteiger partial charge in [-0.1, -0.05) is 37.9 Å². The summed E-state index contributed by atoms with van der Waals surface area (Å²) < 4.78 is 20.5. The van der Waals surface area contributed by atoms with E-state index in [4.69, 9.17) is 10.5 Å². The molecule has 0 heterocycles. The normalized spacial score (nSPS) is 12.2. The Bertz CT molecular complexity index is 619.